The van der Waals surface area contributed by atoms with Gasteiger partial charge in [-0.3, -0.25) is 14.4 Å². The molecule has 1 aliphatic heterocycles. The van der Waals surface area contributed by atoms with Crippen LogP contribution in [0, 0.1) is 0 Å². The number of para-hydroxylation sites is 1. The van der Waals surface area contributed by atoms with Gasteiger partial charge in [-0.15, -0.1) is 0 Å². The Morgan fingerprint density at radius 3 is 2.61 bits per heavy atom. The van der Waals surface area contributed by atoms with Gasteiger partial charge in [-0.1, -0.05) is 18.2 Å². The van der Waals surface area contributed by atoms with Gasteiger partial charge < -0.3 is 36.0 Å². The van der Waals surface area contributed by atoms with Crippen LogP contribution in [0.4, 0.5) is 4.79 Å². The third-order valence-electron chi connectivity index (χ3n) is 6.15. The number of rotatable bonds is 8. The predicted molar refractivity (Wildman–Crippen MR) is 132 cm³/mol. The molecule has 1 aromatic carbocycles. The van der Waals surface area contributed by atoms with Crippen LogP contribution in [-0.4, -0.2) is 64.3 Å². The van der Waals surface area contributed by atoms with Gasteiger partial charge in [0.2, 0.25) is 11.8 Å². The van der Waals surface area contributed by atoms with Crippen LogP contribution >= 0.6 is 0 Å². The minimum atomic E-state index is -1.06. The van der Waals surface area contributed by atoms with Crippen molar-refractivity contribution in [2.24, 2.45) is 5.73 Å². The van der Waals surface area contributed by atoms with E-state index in [0.717, 1.165) is 16.5 Å². The molecule has 11 nitrogen and oxygen atoms in total. The summed E-state index contributed by atoms with van der Waals surface area (Å²) in [5.74, 6) is -1.71. The highest BCUT2D eigenvalue weighted by Crippen LogP contribution is 2.23. The molecule has 3 heterocycles. The number of carbonyl (C=O) groups is 4. The average Bonchev–Trinajstić information content (AvgIpc) is 3.58. The van der Waals surface area contributed by atoms with Gasteiger partial charge in [0.25, 0.3) is 5.91 Å². The maximum atomic E-state index is 13.5. The Balaban J connectivity index is 1.56. The average molecular weight is 495 g/mol. The van der Waals surface area contributed by atoms with Crippen LogP contribution in [-0.2, 0) is 16.0 Å². The fraction of sp³-hybridized carbons (Fsp3) is 0.360. The van der Waals surface area contributed by atoms with E-state index in [1.165, 1.54) is 17.2 Å². The molecule has 0 spiro atoms. The molecule has 0 saturated carbocycles. The number of urea groups is 1. The number of hydrogen-bond acceptors (Lipinski definition) is 5. The number of fused-ring (bicyclic) bond motifs is 1. The summed E-state index contributed by atoms with van der Waals surface area (Å²) in [6.45, 7) is 3.84. The molecule has 3 atom stereocenters. The number of nitrogens with zero attached hydrogens (tertiary/aromatic N) is 1. The number of H-pyrrole nitrogens is 1. The number of likely N-dealkylation sites (tertiary alicyclic amines) is 1. The van der Waals surface area contributed by atoms with Gasteiger partial charge in [0.1, 0.15) is 12.1 Å². The van der Waals surface area contributed by atoms with E-state index in [0.29, 0.717) is 6.42 Å². The molecule has 11 heteroatoms. The summed E-state index contributed by atoms with van der Waals surface area (Å²) in [6.07, 6.45) is 3.65. The Labute approximate surface area is 207 Å². The van der Waals surface area contributed by atoms with Gasteiger partial charge in [-0.25, -0.2) is 4.79 Å². The van der Waals surface area contributed by atoms with Crippen molar-refractivity contribution in [3.8, 4) is 0 Å². The number of primary amides is 1. The minimum Gasteiger partial charge on any atom is -0.459 e. The number of carbonyl (C=O) groups excluding carboxylic acids is 4. The molecule has 1 aliphatic rings. The van der Waals surface area contributed by atoms with Crippen LogP contribution < -0.4 is 21.7 Å². The van der Waals surface area contributed by atoms with Gasteiger partial charge in [-0.05, 0) is 44.0 Å². The van der Waals surface area contributed by atoms with Crippen LogP contribution in [0.15, 0.2) is 53.3 Å². The monoisotopic (exact) mass is 494 g/mol. The van der Waals surface area contributed by atoms with Crippen LogP contribution in [0.5, 0.6) is 0 Å². The van der Waals surface area contributed by atoms with E-state index in [-0.39, 0.29) is 24.8 Å². The zero-order chi connectivity index (χ0) is 25.8. The van der Waals surface area contributed by atoms with Crippen molar-refractivity contribution in [1.82, 2.24) is 25.8 Å². The molecule has 0 bridgehead atoms. The molecule has 3 aromatic rings. The molecule has 36 heavy (non-hydrogen) atoms. The Hall–Kier alpha value is -4.28. The lowest BCUT2D eigenvalue weighted by molar-refractivity contribution is -0.130. The number of amides is 5. The molecule has 3 unspecified atom stereocenters. The SMILES string of the molecule is CC(C)NC(=O)NC1CCN(C(=O)c2ccco2)C1C(=O)NC(Cc1c[nH]c2ccccc12)C(N)=O. The van der Waals surface area contributed by atoms with E-state index in [9.17, 15) is 19.2 Å². The van der Waals surface area contributed by atoms with Crippen LogP contribution in [0.1, 0.15) is 36.4 Å². The molecular formula is C25H30N6O5. The summed E-state index contributed by atoms with van der Waals surface area (Å²) in [5, 5.41) is 9.14. The first-order valence-electron chi connectivity index (χ1n) is 11.8. The molecule has 0 aliphatic carbocycles. The van der Waals surface area contributed by atoms with Crippen LogP contribution in [0.2, 0.25) is 0 Å². The number of furan rings is 1. The normalized spacial score (nSPS) is 18.2. The number of hydrogen-bond donors (Lipinski definition) is 5. The predicted octanol–water partition coefficient (Wildman–Crippen LogP) is 1.26. The Kier molecular flexibility index (Phi) is 7.28. The first kappa shape index (κ1) is 24.8. The standard InChI is InChI=1S/C25H30N6O5/c1-14(2)28-25(35)30-18-9-10-31(24(34)20-8-5-11-36-20)21(18)23(33)29-19(22(26)32)12-15-13-27-17-7-4-3-6-16(15)17/h3-8,11,13-14,18-19,21,27H,9-10,12H2,1-2H3,(H2,26,32)(H,29,33)(H2,28,30,35). The van der Waals surface area contributed by atoms with Gasteiger partial charge in [0, 0.05) is 36.1 Å². The molecule has 6 N–H and O–H groups in total. The van der Waals surface area contributed by atoms with E-state index >= 15 is 0 Å². The molecule has 4 rings (SSSR count). The van der Waals surface area contributed by atoms with E-state index in [1.54, 1.807) is 12.3 Å². The Morgan fingerprint density at radius 2 is 1.92 bits per heavy atom. The van der Waals surface area contributed by atoms with Gasteiger partial charge >= 0.3 is 6.03 Å². The third-order valence-corrected chi connectivity index (χ3v) is 6.15. The van der Waals surface area contributed by atoms with Crippen LogP contribution in [0.3, 0.4) is 0 Å². The fourth-order valence-electron chi connectivity index (χ4n) is 4.51. The van der Waals surface area contributed by atoms with E-state index in [4.69, 9.17) is 10.2 Å². The number of benzene rings is 1. The summed E-state index contributed by atoms with van der Waals surface area (Å²) < 4.78 is 5.23. The maximum Gasteiger partial charge on any atom is 0.315 e. The minimum absolute atomic E-state index is 0.0744. The van der Waals surface area contributed by atoms with Crippen molar-refractivity contribution in [3.63, 3.8) is 0 Å². The third kappa shape index (κ3) is 5.35. The fourth-order valence-corrected chi connectivity index (χ4v) is 4.51. The van der Waals surface area contributed by atoms with Crippen molar-refractivity contribution in [1.29, 1.82) is 0 Å². The van der Waals surface area contributed by atoms with Gasteiger partial charge in [0.15, 0.2) is 5.76 Å². The maximum absolute atomic E-state index is 13.5. The highest BCUT2D eigenvalue weighted by Gasteiger charge is 2.44. The quantitative estimate of drug-likeness (QED) is 0.318. The first-order chi connectivity index (χ1) is 17.2. The molecule has 5 amide bonds. The summed E-state index contributed by atoms with van der Waals surface area (Å²) >= 11 is 0. The molecular weight excluding hydrogens is 464 g/mol. The van der Waals surface area contributed by atoms with Crippen molar-refractivity contribution in [3.05, 3.63) is 60.2 Å². The lowest BCUT2D eigenvalue weighted by atomic mass is 10.0. The van der Waals surface area contributed by atoms with Crippen LogP contribution in [0.25, 0.3) is 10.9 Å². The molecule has 1 fully saturated rings. The summed E-state index contributed by atoms with van der Waals surface area (Å²) in [6, 6.07) is 7.34. The second-order valence-electron chi connectivity index (χ2n) is 9.12. The first-order valence-corrected chi connectivity index (χ1v) is 11.8. The lowest BCUT2D eigenvalue weighted by Crippen LogP contribution is -2.59. The van der Waals surface area contributed by atoms with E-state index in [1.807, 2.05) is 38.1 Å². The Bertz CT molecular complexity index is 1250. The van der Waals surface area contributed by atoms with Gasteiger partial charge in [-0.2, -0.15) is 0 Å². The van der Waals surface area contributed by atoms with Crippen molar-refractivity contribution < 1.29 is 23.6 Å². The summed E-state index contributed by atoms with van der Waals surface area (Å²) in [5.41, 5.74) is 7.36. The van der Waals surface area contributed by atoms with Crippen molar-refractivity contribution in [2.75, 3.05) is 6.54 Å². The zero-order valence-corrected chi connectivity index (χ0v) is 20.1. The van der Waals surface area contributed by atoms with Crippen molar-refractivity contribution in [2.45, 2.75) is 50.9 Å². The molecule has 1 saturated heterocycles. The van der Waals surface area contributed by atoms with Crippen molar-refractivity contribution >= 4 is 34.7 Å². The second-order valence-corrected chi connectivity index (χ2v) is 9.12. The number of nitrogens with one attached hydrogen (secondary N) is 4. The Morgan fingerprint density at radius 1 is 1.14 bits per heavy atom. The zero-order valence-electron chi connectivity index (χ0n) is 20.1. The molecule has 190 valence electrons. The van der Waals surface area contributed by atoms with E-state index in [2.05, 4.69) is 20.9 Å². The van der Waals surface area contributed by atoms with Gasteiger partial charge in [0.05, 0.1) is 12.3 Å². The number of aromatic nitrogens is 1. The van der Waals surface area contributed by atoms with E-state index < -0.39 is 41.9 Å². The number of aromatic amines is 1. The largest absolute Gasteiger partial charge is 0.459 e. The second kappa shape index (κ2) is 10.5. The topological polar surface area (TPSA) is 163 Å². The lowest BCUT2D eigenvalue weighted by Gasteiger charge is -2.29. The highest BCUT2D eigenvalue weighted by molar-refractivity contribution is 5.98. The summed E-state index contributed by atoms with van der Waals surface area (Å²) in [4.78, 5) is 55.8. The smallest absolute Gasteiger partial charge is 0.315 e. The number of nitrogens with two attached hydrogens (primary N) is 1. The highest BCUT2D eigenvalue weighted by atomic mass is 16.3. The molecule has 0 radical (unpaired) electrons. The molecule has 2 aromatic heterocycles. The summed E-state index contributed by atoms with van der Waals surface area (Å²) in [7, 11) is 0.